The molecule has 5 heteroatoms. The minimum Gasteiger partial charge on any atom is -0.345 e. The lowest BCUT2D eigenvalue weighted by Crippen LogP contribution is -2.45. The Bertz CT molecular complexity index is 254. The van der Waals surface area contributed by atoms with Crippen molar-refractivity contribution in [3.05, 3.63) is 0 Å². The summed E-state index contributed by atoms with van der Waals surface area (Å²) >= 11 is 0. The number of carbonyl (C=O) groups is 2. The number of nitrogens with two attached hydrogens (primary N) is 1. The lowest BCUT2D eigenvalue weighted by atomic mass is 10.1. The van der Waals surface area contributed by atoms with Crippen LogP contribution in [0.2, 0.25) is 0 Å². The van der Waals surface area contributed by atoms with Crippen LogP contribution in [0.15, 0.2) is 0 Å². The SMILES string of the molecule is CCN(C)C(=O)C(C)NC(=O)CCCC(C)N. The van der Waals surface area contributed by atoms with Crippen molar-refractivity contribution in [3.8, 4) is 0 Å². The molecule has 0 aromatic rings. The molecule has 2 atom stereocenters. The number of likely N-dealkylation sites (N-methyl/N-ethyl adjacent to an activating group) is 1. The molecule has 2 amide bonds. The van der Waals surface area contributed by atoms with Crippen molar-refractivity contribution in [3.63, 3.8) is 0 Å². The molecule has 100 valence electrons. The molecule has 0 spiro atoms. The molecule has 0 aliphatic carbocycles. The van der Waals surface area contributed by atoms with E-state index in [-0.39, 0.29) is 17.9 Å². The molecule has 3 N–H and O–H groups in total. The van der Waals surface area contributed by atoms with E-state index in [1.165, 1.54) is 0 Å². The van der Waals surface area contributed by atoms with Crippen molar-refractivity contribution in [1.82, 2.24) is 10.2 Å². The zero-order valence-corrected chi connectivity index (χ0v) is 11.3. The van der Waals surface area contributed by atoms with Gasteiger partial charge in [-0.05, 0) is 33.6 Å². The molecule has 0 aromatic heterocycles. The first-order valence-corrected chi connectivity index (χ1v) is 6.18. The molecule has 0 fully saturated rings. The monoisotopic (exact) mass is 243 g/mol. The fourth-order valence-electron chi connectivity index (χ4n) is 1.45. The Labute approximate surface area is 104 Å². The van der Waals surface area contributed by atoms with Crippen LogP contribution in [0.5, 0.6) is 0 Å². The quantitative estimate of drug-likeness (QED) is 0.683. The summed E-state index contributed by atoms with van der Waals surface area (Å²) in [6.07, 6.45) is 2.01. The number of carbonyl (C=O) groups excluding carboxylic acids is 2. The van der Waals surface area contributed by atoms with E-state index in [9.17, 15) is 9.59 Å². The Morgan fingerprint density at radius 1 is 1.35 bits per heavy atom. The summed E-state index contributed by atoms with van der Waals surface area (Å²) in [6, 6.07) is -0.337. The summed E-state index contributed by atoms with van der Waals surface area (Å²) in [4.78, 5) is 24.8. The molecule has 0 bridgehead atoms. The van der Waals surface area contributed by atoms with Gasteiger partial charge in [-0.1, -0.05) is 0 Å². The summed E-state index contributed by atoms with van der Waals surface area (Å²) in [5.74, 6) is -0.149. The summed E-state index contributed by atoms with van der Waals surface area (Å²) in [6.45, 7) is 6.16. The third kappa shape index (κ3) is 6.94. The van der Waals surface area contributed by atoms with Gasteiger partial charge in [-0.25, -0.2) is 0 Å². The highest BCUT2D eigenvalue weighted by Crippen LogP contribution is 1.99. The molecule has 0 rings (SSSR count). The first-order chi connectivity index (χ1) is 7.88. The van der Waals surface area contributed by atoms with E-state index in [1.54, 1.807) is 18.9 Å². The van der Waals surface area contributed by atoms with Crippen molar-refractivity contribution in [2.75, 3.05) is 13.6 Å². The van der Waals surface area contributed by atoms with Gasteiger partial charge >= 0.3 is 0 Å². The van der Waals surface area contributed by atoms with Crippen LogP contribution >= 0.6 is 0 Å². The highest BCUT2D eigenvalue weighted by atomic mass is 16.2. The molecule has 17 heavy (non-hydrogen) atoms. The third-order valence-electron chi connectivity index (χ3n) is 2.66. The van der Waals surface area contributed by atoms with Gasteiger partial charge in [0.2, 0.25) is 11.8 Å². The first-order valence-electron chi connectivity index (χ1n) is 6.18. The maximum absolute atomic E-state index is 11.7. The van der Waals surface area contributed by atoms with Crippen LogP contribution in [0.3, 0.4) is 0 Å². The summed E-state index contributed by atoms with van der Waals surface area (Å²) in [7, 11) is 1.72. The van der Waals surface area contributed by atoms with Gasteiger partial charge in [0.15, 0.2) is 0 Å². The zero-order chi connectivity index (χ0) is 13.4. The van der Waals surface area contributed by atoms with Gasteiger partial charge in [-0.2, -0.15) is 0 Å². The number of nitrogens with one attached hydrogen (secondary N) is 1. The van der Waals surface area contributed by atoms with E-state index < -0.39 is 6.04 Å². The second kappa shape index (κ2) is 8.06. The first kappa shape index (κ1) is 15.9. The molecule has 0 aromatic carbocycles. The smallest absolute Gasteiger partial charge is 0.244 e. The largest absolute Gasteiger partial charge is 0.345 e. The summed E-state index contributed by atoms with van der Waals surface area (Å²) in [5, 5.41) is 2.70. The Morgan fingerprint density at radius 2 is 1.94 bits per heavy atom. The highest BCUT2D eigenvalue weighted by molar-refractivity contribution is 5.87. The second-order valence-corrected chi connectivity index (χ2v) is 4.51. The van der Waals surface area contributed by atoms with E-state index in [0.717, 1.165) is 12.8 Å². The zero-order valence-electron chi connectivity index (χ0n) is 11.3. The van der Waals surface area contributed by atoms with E-state index in [2.05, 4.69) is 5.32 Å². The van der Waals surface area contributed by atoms with Crippen molar-refractivity contribution >= 4 is 11.8 Å². The molecule has 2 unspecified atom stereocenters. The van der Waals surface area contributed by atoms with E-state index >= 15 is 0 Å². The molecular weight excluding hydrogens is 218 g/mol. The Hall–Kier alpha value is -1.10. The number of rotatable bonds is 7. The van der Waals surface area contributed by atoms with Gasteiger partial charge in [0.1, 0.15) is 6.04 Å². The molecule has 0 aliphatic rings. The van der Waals surface area contributed by atoms with Crippen LogP contribution in [0, 0.1) is 0 Å². The van der Waals surface area contributed by atoms with E-state index in [4.69, 9.17) is 5.73 Å². The van der Waals surface area contributed by atoms with Crippen LogP contribution in [-0.4, -0.2) is 42.4 Å². The van der Waals surface area contributed by atoms with Gasteiger partial charge in [0.25, 0.3) is 0 Å². The van der Waals surface area contributed by atoms with E-state index in [1.807, 2.05) is 13.8 Å². The highest BCUT2D eigenvalue weighted by Gasteiger charge is 2.17. The Morgan fingerprint density at radius 3 is 2.41 bits per heavy atom. The standard InChI is InChI=1S/C12H25N3O2/c1-5-15(4)12(17)10(3)14-11(16)8-6-7-9(2)13/h9-10H,5-8,13H2,1-4H3,(H,14,16). The van der Waals surface area contributed by atoms with Crippen LogP contribution in [0.1, 0.15) is 40.0 Å². The van der Waals surface area contributed by atoms with E-state index in [0.29, 0.717) is 13.0 Å². The lowest BCUT2D eigenvalue weighted by Gasteiger charge is -2.20. The van der Waals surface area contributed by atoms with Crippen molar-refractivity contribution in [2.24, 2.45) is 5.73 Å². The van der Waals surface area contributed by atoms with Gasteiger partial charge in [0, 0.05) is 26.1 Å². The maximum Gasteiger partial charge on any atom is 0.244 e. The molecule has 0 aliphatic heterocycles. The molecule has 0 saturated heterocycles. The van der Waals surface area contributed by atoms with Crippen molar-refractivity contribution in [2.45, 2.75) is 52.1 Å². The molecule has 5 nitrogen and oxygen atoms in total. The fourth-order valence-corrected chi connectivity index (χ4v) is 1.45. The van der Waals surface area contributed by atoms with Crippen LogP contribution in [0.4, 0.5) is 0 Å². The minimum absolute atomic E-state index is 0.0620. The van der Waals surface area contributed by atoms with Gasteiger partial charge < -0.3 is 16.0 Å². The van der Waals surface area contributed by atoms with Gasteiger partial charge in [-0.3, -0.25) is 9.59 Å². The third-order valence-corrected chi connectivity index (χ3v) is 2.66. The molecule has 0 heterocycles. The lowest BCUT2D eigenvalue weighted by molar-refractivity contribution is -0.134. The Kier molecular flexibility index (Phi) is 7.54. The molecular formula is C12H25N3O2. The normalized spacial score (nSPS) is 13.9. The van der Waals surface area contributed by atoms with Crippen LogP contribution in [-0.2, 0) is 9.59 Å². The minimum atomic E-state index is -0.456. The van der Waals surface area contributed by atoms with Gasteiger partial charge in [-0.15, -0.1) is 0 Å². The predicted molar refractivity (Wildman–Crippen MR) is 68.4 cm³/mol. The predicted octanol–water partition coefficient (Wildman–Crippen LogP) is 0.487. The average molecular weight is 243 g/mol. The summed E-state index contributed by atoms with van der Waals surface area (Å²) in [5.41, 5.74) is 5.59. The van der Waals surface area contributed by atoms with Gasteiger partial charge in [0.05, 0.1) is 0 Å². The Balaban J connectivity index is 3.91. The number of amides is 2. The second-order valence-electron chi connectivity index (χ2n) is 4.51. The number of hydrogen-bond acceptors (Lipinski definition) is 3. The van der Waals surface area contributed by atoms with Crippen molar-refractivity contribution in [1.29, 1.82) is 0 Å². The van der Waals surface area contributed by atoms with Crippen LogP contribution in [0.25, 0.3) is 0 Å². The number of hydrogen-bond donors (Lipinski definition) is 2. The van der Waals surface area contributed by atoms with Crippen molar-refractivity contribution < 1.29 is 9.59 Å². The molecule has 0 radical (unpaired) electrons. The number of nitrogens with zero attached hydrogens (tertiary/aromatic N) is 1. The maximum atomic E-state index is 11.7. The summed E-state index contributed by atoms with van der Waals surface area (Å²) < 4.78 is 0. The topological polar surface area (TPSA) is 75.4 Å². The molecule has 0 saturated carbocycles. The van der Waals surface area contributed by atoms with Crippen LogP contribution < -0.4 is 11.1 Å². The average Bonchev–Trinajstić information content (AvgIpc) is 2.26. The fraction of sp³-hybridized carbons (Fsp3) is 0.833.